The van der Waals surface area contributed by atoms with Crippen LogP contribution in [0.3, 0.4) is 0 Å². The molecule has 0 spiro atoms. The highest BCUT2D eigenvalue weighted by molar-refractivity contribution is 5.91. The molecule has 9 nitrogen and oxygen atoms in total. The minimum Gasteiger partial charge on any atom is -0.326 e. The fraction of sp³-hybridized carbons (Fsp3) is 0.348. The molecular formula is C23H25N7O2. The molecule has 0 saturated heterocycles. The summed E-state index contributed by atoms with van der Waals surface area (Å²) in [6, 6.07) is 15.6. The highest BCUT2D eigenvalue weighted by atomic mass is 16.2. The number of carbonyl (C=O) groups is 1. The van der Waals surface area contributed by atoms with Gasteiger partial charge in [-0.3, -0.25) is 13.9 Å². The first-order valence-electron chi connectivity index (χ1n) is 11.0. The number of aromatic nitrogens is 6. The Balaban J connectivity index is 1.31. The van der Waals surface area contributed by atoms with Crippen LogP contribution < -0.4 is 11.0 Å². The fourth-order valence-corrected chi connectivity index (χ4v) is 4.05. The summed E-state index contributed by atoms with van der Waals surface area (Å²) in [7, 11) is 0. The molecule has 4 aromatic rings. The summed E-state index contributed by atoms with van der Waals surface area (Å²) in [6.07, 6.45) is 3.24. The number of nitrogens with zero attached hydrogens (tertiary/aromatic N) is 6. The van der Waals surface area contributed by atoms with E-state index in [2.05, 4.69) is 20.8 Å². The number of hydrogen-bond donors (Lipinski definition) is 1. The number of benzene rings is 2. The second kappa shape index (κ2) is 8.41. The molecule has 2 aromatic heterocycles. The highest BCUT2D eigenvalue weighted by Gasteiger charge is 2.28. The van der Waals surface area contributed by atoms with Crippen LogP contribution in [0.15, 0.2) is 53.3 Å². The molecule has 0 aliphatic heterocycles. The van der Waals surface area contributed by atoms with Crippen molar-refractivity contribution < 1.29 is 4.79 Å². The molecule has 2 aromatic carbocycles. The van der Waals surface area contributed by atoms with Crippen LogP contribution in [-0.4, -0.2) is 35.2 Å². The van der Waals surface area contributed by atoms with Crippen molar-refractivity contribution in [2.75, 3.05) is 5.32 Å². The fourth-order valence-electron chi connectivity index (χ4n) is 4.05. The number of aryl methyl sites for hydroxylation is 2. The average Bonchev–Trinajstić information content (AvgIpc) is 3.47. The highest BCUT2D eigenvalue weighted by Crippen LogP contribution is 2.36. The second-order valence-electron chi connectivity index (χ2n) is 8.13. The predicted octanol–water partition coefficient (Wildman–Crippen LogP) is 3.23. The molecular weight excluding hydrogens is 406 g/mol. The Bertz CT molecular complexity index is 1330. The Morgan fingerprint density at radius 1 is 1.06 bits per heavy atom. The number of hydrogen-bond acceptors (Lipinski definition) is 5. The number of fused-ring (bicyclic) bond motifs is 1. The first-order valence-corrected chi connectivity index (χ1v) is 11.0. The van der Waals surface area contributed by atoms with Gasteiger partial charge in [-0.05, 0) is 54.0 Å². The third-order valence-electron chi connectivity index (χ3n) is 5.72. The van der Waals surface area contributed by atoms with E-state index in [0.29, 0.717) is 30.6 Å². The number of imidazole rings is 1. The van der Waals surface area contributed by atoms with Gasteiger partial charge in [0.2, 0.25) is 5.91 Å². The lowest BCUT2D eigenvalue weighted by atomic mass is 10.2. The Labute approximate surface area is 184 Å². The van der Waals surface area contributed by atoms with Gasteiger partial charge < -0.3 is 5.32 Å². The number of amides is 1. The molecule has 1 fully saturated rings. The maximum Gasteiger partial charge on any atom is 0.329 e. The molecule has 1 N–H and O–H groups in total. The normalized spacial score (nSPS) is 13.5. The van der Waals surface area contributed by atoms with Gasteiger partial charge in [-0.15, -0.1) is 5.10 Å². The lowest BCUT2D eigenvalue weighted by molar-refractivity contribution is -0.116. The number of anilines is 1. The van der Waals surface area contributed by atoms with Crippen molar-refractivity contribution in [2.45, 2.75) is 51.7 Å². The van der Waals surface area contributed by atoms with Gasteiger partial charge in [-0.25, -0.2) is 9.48 Å². The Hall–Kier alpha value is -3.75. The molecule has 5 rings (SSSR count). The number of tetrazole rings is 1. The van der Waals surface area contributed by atoms with Gasteiger partial charge in [0, 0.05) is 30.8 Å². The lowest BCUT2D eigenvalue weighted by Crippen LogP contribution is -2.26. The van der Waals surface area contributed by atoms with Gasteiger partial charge in [0.05, 0.1) is 17.1 Å². The van der Waals surface area contributed by atoms with E-state index in [1.54, 1.807) is 9.13 Å². The number of nitrogens with one attached hydrogen (secondary N) is 1. The average molecular weight is 432 g/mol. The minimum atomic E-state index is -0.150. The van der Waals surface area contributed by atoms with Crippen LogP contribution in [0, 0.1) is 0 Å². The van der Waals surface area contributed by atoms with Gasteiger partial charge >= 0.3 is 5.69 Å². The third kappa shape index (κ3) is 3.81. The molecule has 9 heteroatoms. The van der Waals surface area contributed by atoms with Crippen molar-refractivity contribution >= 4 is 22.6 Å². The van der Waals surface area contributed by atoms with Crippen molar-refractivity contribution in [1.29, 1.82) is 0 Å². The number of para-hydroxylation sites is 2. The van der Waals surface area contributed by atoms with Crippen molar-refractivity contribution in [3.8, 4) is 11.4 Å². The van der Waals surface area contributed by atoms with Crippen LogP contribution >= 0.6 is 0 Å². The standard InChI is InChI=1S/C23H25N7O2/c1-2-13-28-19-8-3-4-9-20(19)29(23(28)32)14-12-21(31)24-17-7-5-6-16(15-17)22-25-26-27-30(22)18-10-11-18/h3-9,15,18H,2,10-14H2,1H3,(H,24,31). The maximum absolute atomic E-state index is 12.9. The largest absolute Gasteiger partial charge is 0.329 e. The van der Waals surface area contributed by atoms with Gasteiger partial charge in [0.1, 0.15) is 0 Å². The van der Waals surface area contributed by atoms with Crippen LogP contribution in [0.2, 0.25) is 0 Å². The molecule has 0 bridgehead atoms. The Morgan fingerprint density at radius 3 is 2.53 bits per heavy atom. The molecule has 1 aliphatic carbocycles. The minimum absolute atomic E-state index is 0.0743. The molecule has 1 saturated carbocycles. The molecule has 2 heterocycles. The van der Waals surface area contributed by atoms with Gasteiger partial charge in [0.25, 0.3) is 0 Å². The Kier molecular flexibility index (Phi) is 5.30. The molecule has 0 radical (unpaired) electrons. The van der Waals surface area contributed by atoms with Gasteiger partial charge in [-0.2, -0.15) is 0 Å². The number of rotatable bonds is 8. The molecule has 32 heavy (non-hydrogen) atoms. The smallest absolute Gasteiger partial charge is 0.326 e. The van der Waals surface area contributed by atoms with Crippen LogP contribution in [0.4, 0.5) is 5.69 Å². The second-order valence-corrected chi connectivity index (χ2v) is 8.13. The van der Waals surface area contributed by atoms with Crippen molar-refractivity contribution in [2.24, 2.45) is 0 Å². The molecule has 0 unspecified atom stereocenters. The van der Waals surface area contributed by atoms with E-state index < -0.39 is 0 Å². The van der Waals surface area contributed by atoms with Gasteiger partial charge in [0.15, 0.2) is 5.82 Å². The van der Waals surface area contributed by atoms with Crippen molar-refractivity contribution in [3.05, 3.63) is 59.0 Å². The summed E-state index contributed by atoms with van der Waals surface area (Å²) in [4.78, 5) is 25.6. The maximum atomic E-state index is 12.9. The van der Waals surface area contributed by atoms with E-state index in [1.165, 1.54) is 0 Å². The van der Waals surface area contributed by atoms with E-state index >= 15 is 0 Å². The summed E-state index contributed by atoms with van der Waals surface area (Å²) in [5, 5.41) is 15.0. The zero-order chi connectivity index (χ0) is 22.1. The summed E-state index contributed by atoms with van der Waals surface area (Å²) in [5.74, 6) is 0.557. The zero-order valence-corrected chi connectivity index (χ0v) is 17.9. The molecule has 0 atom stereocenters. The van der Waals surface area contributed by atoms with Crippen LogP contribution in [0.5, 0.6) is 0 Å². The first-order chi connectivity index (χ1) is 15.7. The van der Waals surface area contributed by atoms with Crippen LogP contribution in [0.25, 0.3) is 22.4 Å². The summed E-state index contributed by atoms with van der Waals surface area (Å²) in [5.41, 5.74) is 3.22. The van der Waals surface area contributed by atoms with Crippen LogP contribution in [-0.2, 0) is 17.9 Å². The topological polar surface area (TPSA) is 99.6 Å². The van der Waals surface area contributed by atoms with E-state index in [1.807, 2.05) is 60.1 Å². The van der Waals surface area contributed by atoms with Gasteiger partial charge in [-0.1, -0.05) is 31.2 Å². The number of carbonyl (C=O) groups excluding carboxylic acids is 1. The summed E-state index contributed by atoms with van der Waals surface area (Å²) in [6.45, 7) is 3.02. The van der Waals surface area contributed by atoms with Crippen molar-refractivity contribution in [3.63, 3.8) is 0 Å². The lowest BCUT2D eigenvalue weighted by Gasteiger charge is -2.08. The van der Waals surface area contributed by atoms with E-state index in [-0.39, 0.29) is 18.0 Å². The quantitative estimate of drug-likeness (QED) is 0.462. The van der Waals surface area contributed by atoms with E-state index in [4.69, 9.17) is 0 Å². The summed E-state index contributed by atoms with van der Waals surface area (Å²) < 4.78 is 5.31. The predicted molar refractivity (Wildman–Crippen MR) is 121 cm³/mol. The zero-order valence-electron chi connectivity index (χ0n) is 17.9. The summed E-state index contributed by atoms with van der Waals surface area (Å²) >= 11 is 0. The van der Waals surface area contributed by atoms with E-state index in [9.17, 15) is 9.59 Å². The SMILES string of the molecule is CCCn1c(=O)n(CCC(=O)Nc2cccc(-c3nnnn3C3CC3)c2)c2ccccc21. The van der Waals surface area contributed by atoms with Crippen LogP contribution in [0.1, 0.15) is 38.6 Å². The van der Waals surface area contributed by atoms with Crippen molar-refractivity contribution in [1.82, 2.24) is 29.3 Å². The molecule has 164 valence electrons. The molecule has 1 aliphatic rings. The van der Waals surface area contributed by atoms with E-state index in [0.717, 1.165) is 35.9 Å². The monoisotopic (exact) mass is 431 g/mol. The first kappa shape index (κ1) is 20.2. The Morgan fingerprint density at radius 2 is 1.81 bits per heavy atom. The molecule has 1 amide bonds. The third-order valence-corrected chi connectivity index (χ3v) is 5.72.